The molecule has 21 heavy (non-hydrogen) atoms. The average molecular weight is 305 g/mol. The Kier molecular flexibility index (Phi) is 5.84. The molecule has 0 spiro atoms. The summed E-state index contributed by atoms with van der Waals surface area (Å²) in [4.78, 5) is 13.9. The predicted molar refractivity (Wildman–Crippen MR) is 86.3 cm³/mol. The third kappa shape index (κ3) is 4.59. The molecule has 1 fully saturated rings. The van der Waals surface area contributed by atoms with Crippen molar-refractivity contribution in [3.05, 3.63) is 21.9 Å². The van der Waals surface area contributed by atoms with Gasteiger partial charge in [0.05, 0.1) is 16.4 Å². The van der Waals surface area contributed by atoms with Gasteiger partial charge in [0, 0.05) is 12.5 Å². The van der Waals surface area contributed by atoms with E-state index in [1.54, 1.807) is 0 Å². The molecule has 3 atom stereocenters. The lowest BCUT2D eigenvalue weighted by atomic mass is 9.80. The van der Waals surface area contributed by atoms with Gasteiger partial charge in [-0.2, -0.15) is 0 Å². The molecule has 4 heteroatoms. The zero-order valence-corrected chi connectivity index (χ0v) is 13.5. The van der Waals surface area contributed by atoms with Gasteiger partial charge in [-0.1, -0.05) is 25.7 Å². The van der Waals surface area contributed by atoms with E-state index in [0.29, 0.717) is 23.3 Å². The van der Waals surface area contributed by atoms with Crippen molar-refractivity contribution in [1.29, 1.82) is 0 Å². The average Bonchev–Trinajstić information content (AvgIpc) is 2.91. The van der Waals surface area contributed by atoms with E-state index in [-0.39, 0.29) is 12.5 Å². The number of aliphatic hydroxyl groups excluding tert-OH is 1. The smallest absolute Gasteiger partial charge is 0.261 e. The molecule has 1 aliphatic carbocycles. The highest BCUT2D eigenvalue weighted by Gasteiger charge is 2.27. The molecule has 1 aromatic heterocycles. The second kappa shape index (κ2) is 7.63. The summed E-state index contributed by atoms with van der Waals surface area (Å²) in [6.45, 7) is 4.58. The Bertz CT molecular complexity index is 540. The van der Waals surface area contributed by atoms with Gasteiger partial charge in [0.15, 0.2) is 0 Å². The molecule has 0 aromatic carbocycles. The summed E-state index contributed by atoms with van der Waals surface area (Å²) in [5.41, 5.74) is 0. The van der Waals surface area contributed by atoms with Crippen LogP contribution in [0.1, 0.15) is 54.1 Å². The third-order valence-electron chi connectivity index (χ3n) is 4.03. The molecule has 1 heterocycles. The number of rotatable bonds is 3. The largest absolute Gasteiger partial charge is 0.395 e. The highest BCUT2D eigenvalue weighted by Crippen LogP contribution is 2.29. The van der Waals surface area contributed by atoms with Crippen LogP contribution >= 0.6 is 11.3 Å². The molecule has 2 rings (SSSR count). The van der Waals surface area contributed by atoms with E-state index in [0.717, 1.165) is 17.2 Å². The van der Waals surface area contributed by atoms with Gasteiger partial charge >= 0.3 is 0 Å². The van der Waals surface area contributed by atoms with Crippen LogP contribution in [0.5, 0.6) is 0 Å². The second-order valence-electron chi connectivity index (χ2n) is 5.91. The van der Waals surface area contributed by atoms with Gasteiger partial charge < -0.3 is 10.4 Å². The Morgan fingerprint density at radius 3 is 2.95 bits per heavy atom. The molecule has 3 unspecified atom stereocenters. The molecule has 0 bridgehead atoms. The number of amides is 1. The second-order valence-corrected chi connectivity index (χ2v) is 7.00. The molecule has 2 N–H and O–H groups in total. The van der Waals surface area contributed by atoms with Crippen molar-refractivity contribution in [1.82, 2.24) is 5.32 Å². The molecule has 1 aliphatic rings. The monoisotopic (exact) mass is 305 g/mol. The summed E-state index contributed by atoms with van der Waals surface area (Å²) < 4.78 is 0. The maximum atomic E-state index is 12.3. The molecule has 114 valence electrons. The fourth-order valence-corrected chi connectivity index (χ4v) is 3.64. The SMILES string of the molecule is CC1CCC(NC(=O)c2ccc(C#CCCO)s2)C(C)C1. The van der Waals surface area contributed by atoms with Crippen molar-refractivity contribution < 1.29 is 9.90 Å². The molecule has 3 nitrogen and oxygen atoms in total. The molecule has 0 saturated heterocycles. The molecule has 1 amide bonds. The number of carbonyl (C=O) groups excluding carboxylic acids is 1. The van der Waals surface area contributed by atoms with E-state index in [1.165, 1.54) is 24.2 Å². The van der Waals surface area contributed by atoms with Crippen LogP contribution < -0.4 is 5.32 Å². The van der Waals surface area contributed by atoms with E-state index < -0.39 is 0 Å². The van der Waals surface area contributed by atoms with Crippen molar-refractivity contribution in [2.75, 3.05) is 6.61 Å². The van der Waals surface area contributed by atoms with Crippen LogP contribution in [0.4, 0.5) is 0 Å². The van der Waals surface area contributed by atoms with Gasteiger partial charge in [0.2, 0.25) is 0 Å². The van der Waals surface area contributed by atoms with Crippen LogP contribution in [0, 0.1) is 23.7 Å². The van der Waals surface area contributed by atoms with E-state index in [1.807, 2.05) is 12.1 Å². The van der Waals surface area contributed by atoms with E-state index in [2.05, 4.69) is 31.0 Å². The van der Waals surface area contributed by atoms with Gasteiger partial charge in [-0.15, -0.1) is 11.3 Å². The summed E-state index contributed by atoms with van der Waals surface area (Å²) >= 11 is 1.41. The maximum Gasteiger partial charge on any atom is 0.261 e. The van der Waals surface area contributed by atoms with Crippen molar-refractivity contribution in [2.45, 2.75) is 45.6 Å². The van der Waals surface area contributed by atoms with Crippen molar-refractivity contribution in [3.63, 3.8) is 0 Å². The predicted octanol–water partition coefficient (Wildman–Crippen LogP) is 3.04. The number of thiophene rings is 1. The van der Waals surface area contributed by atoms with Crippen LogP contribution in [0.25, 0.3) is 0 Å². The fraction of sp³-hybridized carbons (Fsp3) is 0.588. The Morgan fingerprint density at radius 2 is 2.24 bits per heavy atom. The third-order valence-corrected chi connectivity index (χ3v) is 5.03. The van der Waals surface area contributed by atoms with Gasteiger partial charge in [0.25, 0.3) is 5.91 Å². The molecular formula is C17H23NO2S. The number of nitrogens with one attached hydrogen (secondary N) is 1. The summed E-state index contributed by atoms with van der Waals surface area (Å²) in [6, 6.07) is 4.00. The number of hydrogen-bond acceptors (Lipinski definition) is 3. The lowest BCUT2D eigenvalue weighted by Gasteiger charge is -2.33. The minimum atomic E-state index is 0.0154. The maximum absolute atomic E-state index is 12.3. The first-order valence-electron chi connectivity index (χ1n) is 7.60. The first kappa shape index (κ1) is 16.1. The molecular weight excluding hydrogens is 282 g/mol. The topological polar surface area (TPSA) is 49.3 Å². The van der Waals surface area contributed by atoms with Gasteiger partial charge in [0.1, 0.15) is 0 Å². The summed E-state index contributed by atoms with van der Waals surface area (Å²) in [7, 11) is 0. The molecule has 1 saturated carbocycles. The normalized spacial score (nSPS) is 25.0. The highest BCUT2D eigenvalue weighted by atomic mass is 32.1. The Hall–Kier alpha value is -1.31. The first-order chi connectivity index (χ1) is 10.1. The summed E-state index contributed by atoms with van der Waals surface area (Å²) in [5, 5.41) is 11.9. The summed E-state index contributed by atoms with van der Waals surface area (Å²) in [5.74, 6) is 7.17. The van der Waals surface area contributed by atoms with Crippen molar-refractivity contribution in [2.24, 2.45) is 11.8 Å². The number of carbonyl (C=O) groups is 1. The van der Waals surface area contributed by atoms with Gasteiger partial charge in [-0.25, -0.2) is 0 Å². The van der Waals surface area contributed by atoms with E-state index in [9.17, 15) is 4.79 Å². The van der Waals surface area contributed by atoms with Crippen LogP contribution in [0.15, 0.2) is 12.1 Å². The molecule has 0 radical (unpaired) electrons. The molecule has 1 aromatic rings. The highest BCUT2D eigenvalue weighted by molar-refractivity contribution is 7.14. The van der Waals surface area contributed by atoms with Crippen molar-refractivity contribution in [3.8, 4) is 11.8 Å². The number of aliphatic hydroxyl groups is 1. The Labute approximate surface area is 130 Å². The minimum absolute atomic E-state index is 0.0154. The lowest BCUT2D eigenvalue weighted by Crippen LogP contribution is -2.42. The first-order valence-corrected chi connectivity index (χ1v) is 8.42. The van der Waals surface area contributed by atoms with Crippen molar-refractivity contribution >= 4 is 17.2 Å². The lowest BCUT2D eigenvalue weighted by molar-refractivity contribution is 0.0904. The fourth-order valence-electron chi connectivity index (χ4n) is 2.85. The van der Waals surface area contributed by atoms with Crippen LogP contribution in [0.3, 0.4) is 0 Å². The quantitative estimate of drug-likeness (QED) is 0.843. The van der Waals surface area contributed by atoms with Crippen LogP contribution in [-0.4, -0.2) is 23.7 Å². The Morgan fingerprint density at radius 1 is 1.43 bits per heavy atom. The van der Waals surface area contributed by atoms with Gasteiger partial charge in [-0.3, -0.25) is 4.79 Å². The van der Waals surface area contributed by atoms with Gasteiger partial charge in [-0.05, 0) is 43.2 Å². The standard InChI is InChI=1S/C17H23NO2S/c1-12-6-8-15(13(2)11-12)18-17(20)16-9-7-14(21-16)5-3-4-10-19/h7,9,12-13,15,19H,4,6,8,10-11H2,1-2H3,(H,18,20). The Balaban J connectivity index is 1.93. The van der Waals surface area contributed by atoms with Crippen LogP contribution in [-0.2, 0) is 0 Å². The zero-order chi connectivity index (χ0) is 15.2. The van der Waals surface area contributed by atoms with E-state index in [4.69, 9.17) is 5.11 Å². The van der Waals surface area contributed by atoms with Crippen LogP contribution in [0.2, 0.25) is 0 Å². The zero-order valence-electron chi connectivity index (χ0n) is 12.7. The van der Waals surface area contributed by atoms with E-state index >= 15 is 0 Å². The molecule has 0 aliphatic heterocycles. The minimum Gasteiger partial charge on any atom is -0.395 e. The number of hydrogen-bond donors (Lipinski definition) is 2. The summed E-state index contributed by atoms with van der Waals surface area (Å²) in [6.07, 6.45) is 3.92.